The lowest BCUT2D eigenvalue weighted by atomic mass is 10.0. The van der Waals surface area contributed by atoms with Crippen LogP contribution >= 0.6 is 11.8 Å². The number of thioether (sulfide) groups is 1. The lowest BCUT2D eigenvalue weighted by Gasteiger charge is -2.17. The van der Waals surface area contributed by atoms with Crippen molar-refractivity contribution in [1.82, 2.24) is 0 Å². The van der Waals surface area contributed by atoms with Crippen molar-refractivity contribution in [2.45, 2.75) is 45.8 Å². The van der Waals surface area contributed by atoms with Gasteiger partial charge in [-0.05, 0) is 24.0 Å². The number of hydrogen-bond acceptors (Lipinski definition) is 2. The van der Waals surface area contributed by atoms with Crippen LogP contribution in [-0.2, 0) is 0 Å². The van der Waals surface area contributed by atoms with Crippen LogP contribution in [0.3, 0.4) is 0 Å². The van der Waals surface area contributed by atoms with Gasteiger partial charge in [0.25, 0.3) is 0 Å². The molecule has 2 unspecified atom stereocenters. The first-order chi connectivity index (χ1) is 6.11. The van der Waals surface area contributed by atoms with Crippen LogP contribution in [0, 0.1) is 23.2 Å². The Morgan fingerprint density at radius 1 is 1.31 bits per heavy atom. The first-order valence-corrected chi connectivity index (χ1v) is 6.17. The smallest absolute Gasteiger partial charge is 0.0942 e. The summed E-state index contributed by atoms with van der Waals surface area (Å²) in [4.78, 5) is 0. The van der Waals surface area contributed by atoms with E-state index in [1.54, 1.807) is 0 Å². The van der Waals surface area contributed by atoms with Crippen LogP contribution in [0.15, 0.2) is 0 Å². The maximum atomic E-state index is 8.97. The molecule has 0 bridgehead atoms. The molecule has 0 aliphatic carbocycles. The quantitative estimate of drug-likeness (QED) is 0.651. The van der Waals surface area contributed by atoms with E-state index < -0.39 is 0 Å². The first kappa shape index (κ1) is 12.8. The van der Waals surface area contributed by atoms with E-state index in [1.165, 1.54) is 12.8 Å². The molecular formula is C11H21NS. The average molecular weight is 199 g/mol. The maximum absolute atomic E-state index is 8.97. The van der Waals surface area contributed by atoms with Gasteiger partial charge in [0.05, 0.1) is 11.3 Å². The Hall–Kier alpha value is -0.160. The number of hydrogen-bond donors (Lipinski definition) is 0. The molecule has 2 atom stereocenters. The van der Waals surface area contributed by atoms with Gasteiger partial charge in [-0.3, -0.25) is 0 Å². The van der Waals surface area contributed by atoms with Gasteiger partial charge in [-0.2, -0.15) is 5.26 Å². The molecule has 0 aliphatic rings. The third-order valence-electron chi connectivity index (χ3n) is 2.00. The molecular weight excluding hydrogens is 178 g/mol. The number of nitriles is 1. The third kappa shape index (κ3) is 5.99. The highest BCUT2D eigenvalue weighted by atomic mass is 32.2. The van der Waals surface area contributed by atoms with Crippen molar-refractivity contribution in [2.24, 2.45) is 11.8 Å². The van der Waals surface area contributed by atoms with E-state index in [1.807, 2.05) is 11.8 Å². The highest BCUT2D eigenvalue weighted by Gasteiger charge is 2.16. The van der Waals surface area contributed by atoms with E-state index in [9.17, 15) is 0 Å². The Bertz CT molecular complexity index is 160. The third-order valence-corrected chi connectivity index (χ3v) is 3.79. The molecule has 0 rings (SSSR count). The predicted molar refractivity (Wildman–Crippen MR) is 60.8 cm³/mol. The summed E-state index contributed by atoms with van der Waals surface area (Å²) in [7, 11) is 0. The zero-order chi connectivity index (χ0) is 10.3. The van der Waals surface area contributed by atoms with E-state index in [0.717, 1.165) is 5.75 Å². The molecule has 0 amide bonds. The van der Waals surface area contributed by atoms with Crippen molar-refractivity contribution in [3.05, 3.63) is 0 Å². The van der Waals surface area contributed by atoms with Crippen molar-refractivity contribution in [3.8, 4) is 6.07 Å². The highest BCUT2D eigenvalue weighted by Crippen LogP contribution is 2.24. The molecule has 0 radical (unpaired) electrons. The second kappa shape index (κ2) is 7.26. The van der Waals surface area contributed by atoms with E-state index in [-0.39, 0.29) is 5.25 Å². The average Bonchev–Trinajstić information content (AvgIpc) is 2.05. The molecule has 0 aromatic heterocycles. The van der Waals surface area contributed by atoms with Gasteiger partial charge in [-0.1, -0.05) is 34.1 Å². The van der Waals surface area contributed by atoms with Crippen LogP contribution in [0.25, 0.3) is 0 Å². The zero-order valence-corrected chi connectivity index (χ0v) is 10.0. The normalized spacial score (nSPS) is 15.4. The van der Waals surface area contributed by atoms with Crippen LogP contribution in [-0.4, -0.2) is 11.0 Å². The van der Waals surface area contributed by atoms with Gasteiger partial charge < -0.3 is 0 Å². The highest BCUT2D eigenvalue weighted by molar-refractivity contribution is 8.00. The Kier molecular flexibility index (Phi) is 7.17. The molecule has 0 N–H and O–H groups in total. The Labute approximate surface area is 86.9 Å². The van der Waals surface area contributed by atoms with Gasteiger partial charge in [0.2, 0.25) is 0 Å². The molecule has 76 valence electrons. The molecule has 0 aromatic rings. The summed E-state index contributed by atoms with van der Waals surface area (Å²) in [5, 5.41) is 9.16. The zero-order valence-electron chi connectivity index (χ0n) is 9.21. The van der Waals surface area contributed by atoms with Gasteiger partial charge in [0.1, 0.15) is 0 Å². The minimum atomic E-state index is 0.197. The van der Waals surface area contributed by atoms with Crippen molar-refractivity contribution in [2.75, 3.05) is 5.75 Å². The van der Waals surface area contributed by atoms with Crippen molar-refractivity contribution in [1.29, 1.82) is 5.26 Å². The first-order valence-electron chi connectivity index (χ1n) is 5.13. The molecule has 13 heavy (non-hydrogen) atoms. The fourth-order valence-corrected chi connectivity index (χ4v) is 2.36. The Balaban J connectivity index is 3.82. The SMILES string of the molecule is CCCC(C)C(C#N)SCC(C)C. The fraction of sp³-hybridized carbons (Fsp3) is 0.909. The fourth-order valence-electron chi connectivity index (χ4n) is 1.23. The van der Waals surface area contributed by atoms with Crippen LogP contribution < -0.4 is 0 Å². The summed E-state index contributed by atoms with van der Waals surface area (Å²) in [6.07, 6.45) is 2.35. The van der Waals surface area contributed by atoms with E-state index in [4.69, 9.17) is 5.26 Å². The second-order valence-electron chi connectivity index (χ2n) is 4.04. The molecule has 0 fully saturated rings. The number of rotatable bonds is 6. The molecule has 2 heteroatoms. The minimum Gasteiger partial charge on any atom is -0.197 e. The second-order valence-corrected chi connectivity index (χ2v) is 5.22. The van der Waals surface area contributed by atoms with E-state index in [2.05, 4.69) is 33.8 Å². The molecule has 0 heterocycles. The molecule has 0 aromatic carbocycles. The largest absolute Gasteiger partial charge is 0.197 e. The summed E-state index contributed by atoms with van der Waals surface area (Å²) in [6, 6.07) is 2.40. The number of nitrogens with zero attached hydrogens (tertiary/aromatic N) is 1. The molecule has 0 aliphatic heterocycles. The van der Waals surface area contributed by atoms with Gasteiger partial charge in [0, 0.05) is 0 Å². The lowest BCUT2D eigenvalue weighted by molar-refractivity contribution is 0.545. The van der Waals surface area contributed by atoms with Crippen molar-refractivity contribution < 1.29 is 0 Å². The minimum absolute atomic E-state index is 0.197. The molecule has 0 saturated carbocycles. The topological polar surface area (TPSA) is 23.8 Å². The van der Waals surface area contributed by atoms with Crippen LogP contribution in [0.1, 0.15) is 40.5 Å². The lowest BCUT2D eigenvalue weighted by Crippen LogP contribution is -2.13. The standard InChI is InChI=1S/C11H21NS/c1-5-6-10(4)11(7-12)13-8-9(2)3/h9-11H,5-6,8H2,1-4H3. The summed E-state index contributed by atoms with van der Waals surface area (Å²) in [5.41, 5.74) is 0. The van der Waals surface area contributed by atoms with Crippen molar-refractivity contribution >= 4 is 11.8 Å². The van der Waals surface area contributed by atoms with Gasteiger partial charge >= 0.3 is 0 Å². The molecule has 0 saturated heterocycles. The summed E-state index contributed by atoms with van der Waals surface area (Å²) in [6.45, 7) is 8.76. The monoisotopic (exact) mass is 199 g/mol. The molecule has 0 spiro atoms. The van der Waals surface area contributed by atoms with Gasteiger partial charge in [0.15, 0.2) is 0 Å². The van der Waals surface area contributed by atoms with Crippen LogP contribution in [0.5, 0.6) is 0 Å². The van der Waals surface area contributed by atoms with Gasteiger partial charge in [-0.15, -0.1) is 11.8 Å². The predicted octanol–water partition coefficient (Wildman–Crippen LogP) is 3.70. The van der Waals surface area contributed by atoms with E-state index in [0.29, 0.717) is 11.8 Å². The Morgan fingerprint density at radius 3 is 2.31 bits per heavy atom. The molecule has 1 nitrogen and oxygen atoms in total. The summed E-state index contributed by atoms with van der Waals surface area (Å²) in [5.74, 6) is 2.33. The Morgan fingerprint density at radius 2 is 1.92 bits per heavy atom. The summed E-state index contributed by atoms with van der Waals surface area (Å²) < 4.78 is 0. The van der Waals surface area contributed by atoms with Crippen molar-refractivity contribution in [3.63, 3.8) is 0 Å². The van der Waals surface area contributed by atoms with Crippen LogP contribution in [0.4, 0.5) is 0 Å². The van der Waals surface area contributed by atoms with E-state index >= 15 is 0 Å². The van der Waals surface area contributed by atoms with Crippen LogP contribution in [0.2, 0.25) is 0 Å². The van der Waals surface area contributed by atoms with Gasteiger partial charge in [-0.25, -0.2) is 0 Å². The summed E-state index contributed by atoms with van der Waals surface area (Å²) >= 11 is 1.82. The maximum Gasteiger partial charge on any atom is 0.0942 e.